The Morgan fingerprint density at radius 1 is 1.14 bits per heavy atom. The molecule has 0 saturated heterocycles. The van der Waals surface area contributed by atoms with Gasteiger partial charge in [0.2, 0.25) is 10.0 Å². The number of rotatable bonds is 4. The third-order valence-corrected chi connectivity index (χ3v) is 6.23. The van der Waals surface area contributed by atoms with Crippen molar-refractivity contribution in [2.45, 2.75) is 57.8 Å². The number of hydrogen-bond donors (Lipinski definition) is 2. The standard InChI is InChI=1S/C16H26N2O2S/c1-12-7-8-13(2)15(14(12)17)21(19,20)18-11-16(3)9-5-4-6-10-16/h7-8,18H,4-6,9-11,17H2,1-3H3. The van der Waals surface area contributed by atoms with E-state index in [9.17, 15) is 8.42 Å². The highest BCUT2D eigenvalue weighted by Gasteiger charge is 2.30. The van der Waals surface area contributed by atoms with E-state index in [1.165, 1.54) is 19.3 Å². The highest BCUT2D eigenvalue weighted by Crippen LogP contribution is 2.35. The Morgan fingerprint density at radius 2 is 1.71 bits per heavy atom. The molecule has 0 amide bonds. The second kappa shape index (κ2) is 5.97. The monoisotopic (exact) mass is 310 g/mol. The maximum atomic E-state index is 12.6. The van der Waals surface area contributed by atoms with Crippen LogP contribution in [0, 0.1) is 19.3 Å². The highest BCUT2D eigenvalue weighted by molar-refractivity contribution is 7.89. The lowest BCUT2D eigenvalue weighted by atomic mass is 9.76. The van der Waals surface area contributed by atoms with Gasteiger partial charge < -0.3 is 5.73 Å². The molecule has 1 aromatic rings. The minimum Gasteiger partial charge on any atom is -0.397 e. The fourth-order valence-electron chi connectivity index (χ4n) is 3.09. The van der Waals surface area contributed by atoms with Crippen molar-refractivity contribution >= 4 is 15.7 Å². The normalized spacial score (nSPS) is 18.6. The molecule has 1 aliphatic rings. The fourth-order valence-corrected chi connectivity index (χ4v) is 4.71. The topological polar surface area (TPSA) is 72.2 Å². The summed E-state index contributed by atoms with van der Waals surface area (Å²) < 4.78 is 28.0. The van der Waals surface area contributed by atoms with E-state index >= 15 is 0 Å². The molecule has 1 fully saturated rings. The van der Waals surface area contributed by atoms with E-state index in [-0.39, 0.29) is 10.3 Å². The number of sulfonamides is 1. The Labute approximate surface area is 128 Å². The summed E-state index contributed by atoms with van der Waals surface area (Å²) in [5.41, 5.74) is 7.91. The van der Waals surface area contributed by atoms with E-state index in [4.69, 9.17) is 5.73 Å². The van der Waals surface area contributed by atoms with Crippen LogP contribution < -0.4 is 10.5 Å². The van der Waals surface area contributed by atoms with Crippen LogP contribution in [0.3, 0.4) is 0 Å². The largest absolute Gasteiger partial charge is 0.397 e. The Kier molecular flexibility index (Phi) is 4.63. The van der Waals surface area contributed by atoms with Crippen molar-refractivity contribution in [1.82, 2.24) is 4.72 Å². The summed E-state index contributed by atoms with van der Waals surface area (Å²) in [4.78, 5) is 0.238. The highest BCUT2D eigenvalue weighted by atomic mass is 32.2. The van der Waals surface area contributed by atoms with Gasteiger partial charge in [-0.2, -0.15) is 0 Å². The summed E-state index contributed by atoms with van der Waals surface area (Å²) in [6, 6.07) is 3.66. The second-order valence-corrected chi connectivity index (χ2v) is 8.34. The number of nitrogens with one attached hydrogen (secondary N) is 1. The summed E-state index contributed by atoms with van der Waals surface area (Å²) in [5, 5.41) is 0. The number of nitrogens with two attached hydrogens (primary N) is 1. The van der Waals surface area contributed by atoms with Crippen LogP contribution in [0.5, 0.6) is 0 Å². The zero-order valence-electron chi connectivity index (χ0n) is 13.2. The predicted octanol–water partition coefficient (Wildman–Crippen LogP) is 3.13. The van der Waals surface area contributed by atoms with Gasteiger partial charge in [-0.05, 0) is 43.2 Å². The second-order valence-electron chi connectivity index (χ2n) is 6.64. The molecule has 0 aromatic heterocycles. The van der Waals surface area contributed by atoms with E-state index in [1.807, 2.05) is 19.1 Å². The van der Waals surface area contributed by atoms with Crippen molar-refractivity contribution in [2.75, 3.05) is 12.3 Å². The molecule has 4 nitrogen and oxygen atoms in total. The number of hydrogen-bond acceptors (Lipinski definition) is 3. The molecule has 0 radical (unpaired) electrons. The first-order valence-corrected chi connectivity index (χ1v) is 9.09. The van der Waals surface area contributed by atoms with Gasteiger partial charge in [-0.25, -0.2) is 13.1 Å². The Bertz CT molecular complexity index is 617. The number of aryl methyl sites for hydroxylation is 2. The van der Waals surface area contributed by atoms with Crippen LogP contribution in [0.25, 0.3) is 0 Å². The van der Waals surface area contributed by atoms with Crippen molar-refractivity contribution in [3.05, 3.63) is 23.3 Å². The van der Waals surface area contributed by atoms with Gasteiger partial charge in [0, 0.05) is 6.54 Å². The maximum absolute atomic E-state index is 12.6. The number of nitrogen functional groups attached to an aromatic ring is 1. The fraction of sp³-hybridized carbons (Fsp3) is 0.625. The van der Waals surface area contributed by atoms with Crippen molar-refractivity contribution in [2.24, 2.45) is 5.41 Å². The van der Waals surface area contributed by atoms with Gasteiger partial charge in [0.05, 0.1) is 5.69 Å². The lowest BCUT2D eigenvalue weighted by molar-refractivity contribution is 0.219. The summed E-state index contributed by atoms with van der Waals surface area (Å²) in [6.45, 7) is 6.27. The molecule has 0 heterocycles. The lowest BCUT2D eigenvalue weighted by Crippen LogP contribution is -2.37. The summed E-state index contributed by atoms with van der Waals surface area (Å²) in [6.07, 6.45) is 5.79. The first-order chi connectivity index (χ1) is 9.75. The van der Waals surface area contributed by atoms with E-state index in [0.29, 0.717) is 17.8 Å². The van der Waals surface area contributed by atoms with Crippen LogP contribution in [0.1, 0.15) is 50.2 Å². The van der Waals surface area contributed by atoms with Crippen molar-refractivity contribution in [3.63, 3.8) is 0 Å². The molecule has 5 heteroatoms. The maximum Gasteiger partial charge on any atom is 0.242 e. The third-order valence-electron chi connectivity index (χ3n) is 4.63. The van der Waals surface area contributed by atoms with Gasteiger partial charge in [0.25, 0.3) is 0 Å². The van der Waals surface area contributed by atoms with Crippen LogP contribution in [0.2, 0.25) is 0 Å². The number of anilines is 1. The molecule has 0 bridgehead atoms. The molecule has 0 unspecified atom stereocenters. The SMILES string of the molecule is Cc1ccc(C)c(S(=O)(=O)NCC2(C)CCCCC2)c1N. The van der Waals surface area contributed by atoms with Gasteiger partial charge >= 0.3 is 0 Å². The zero-order valence-corrected chi connectivity index (χ0v) is 14.0. The number of benzene rings is 1. The average Bonchev–Trinajstić information content (AvgIpc) is 2.42. The molecule has 0 spiro atoms. The van der Waals surface area contributed by atoms with Gasteiger partial charge in [0.15, 0.2) is 0 Å². The molecule has 118 valence electrons. The zero-order chi connectivity index (χ0) is 15.7. The average molecular weight is 310 g/mol. The van der Waals surface area contributed by atoms with Crippen LogP contribution in [-0.2, 0) is 10.0 Å². The smallest absolute Gasteiger partial charge is 0.242 e. The molecule has 0 aliphatic heterocycles. The van der Waals surface area contributed by atoms with Crippen LogP contribution >= 0.6 is 0 Å². The first kappa shape index (κ1) is 16.3. The molecule has 3 N–H and O–H groups in total. The van der Waals surface area contributed by atoms with Crippen molar-refractivity contribution in [1.29, 1.82) is 0 Å². The van der Waals surface area contributed by atoms with Gasteiger partial charge in [-0.1, -0.05) is 38.3 Å². The quantitative estimate of drug-likeness (QED) is 0.839. The minimum absolute atomic E-state index is 0.0673. The van der Waals surface area contributed by atoms with Gasteiger partial charge in [-0.3, -0.25) is 0 Å². The van der Waals surface area contributed by atoms with Gasteiger partial charge in [0.1, 0.15) is 4.90 Å². The Balaban J connectivity index is 2.21. The van der Waals surface area contributed by atoms with Crippen molar-refractivity contribution in [3.8, 4) is 0 Å². The molecule has 1 saturated carbocycles. The molecular formula is C16H26N2O2S. The summed E-state index contributed by atoms with van der Waals surface area (Å²) in [5.74, 6) is 0. The summed E-state index contributed by atoms with van der Waals surface area (Å²) in [7, 11) is -3.56. The Morgan fingerprint density at radius 3 is 2.33 bits per heavy atom. The van der Waals surface area contributed by atoms with Crippen LogP contribution in [0.4, 0.5) is 5.69 Å². The molecule has 0 atom stereocenters. The lowest BCUT2D eigenvalue weighted by Gasteiger charge is -2.33. The molecule has 2 rings (SSSR count). The molecule has 1 aromatic carbocycles. The van der Waals surface area contributed by atoms with E-state index in [2.05, 4.69) is 11.6 Å². The van der Waals surface area contributed by atoms with Crippen molar-refractivity contribution < 1.29 is 8.42 Å². The first-order valence-electron chi connectivity index (χ1n) is 7.61. The minimum atomic E-state index is -3.56. The predicted molar refractivity (Wildman–Crippen MR) is 86.7 cm³/mol. The van der Waals surface area contributed by atoms with E-state index < -0.39 is 10.0 Å². The summed E-state index contributed by atoms with van der Waals surface area (Å²) >= 11 is 0. The molecule has 21 heavy (non-hydrogen) atoms. The third kappa shape index (κ3) is 3.58. The van der Waals surface area contributed by atoms with E-state index in [1.54, 1.807) is 6.92 Å². The van der Waals surface area contributed by atoms with E-state index in [0.717, 1.165) is 18.4 Å². The van der Waals surface area contributed by atoms with Crippen LogP contribution in [0.15, 0.2) is 17.0 Å². The van der Waals surface area contributed by atoms with Gasteiger partial charge in [-0.15, -0.1) is 0 Å². The molecule has 1 aliphatic carbocycles. The van der Waals surface area contributed by atoms with Crippen LogP contribution in [-0.4, -0.2) is 15.0 Å². The Hall–Kier alpha value is -1.07. The molecular weight excluding hydrogens is 284 g/mol.